The molecule has 40 heavy (non-hydrogen) atoms. The highest BCUT2D eigenvalue weighted by Gasteiger charge is 2.33. The molecule has 0 radical (unpaired) electrons. The van der Waals surface area contributed by atoms with E-state index in [0.29, 0.717) is 6.42 Å². The zero-order valence-electron chi connectivity index (χ0n) is 23.4. The fraction of sp³-hybridized carbons (Fsp3) is 0.536. The van der Waals surface area contributed by atoms with Gasteiger partial charge in [-0.25, -0.2) is 4.79 Å². The third kappa shape index (κ3) is 9.37. The van der Waals surface area contributed by atoms with Crippen LogP contribution in [0.25, 0.3) is 10.9 Å². The van der Waals surface area contributed by atoms with Gasteiger partial charge in [0.2, 0.25) is 17.7 Å². The summed E-state index contributed by atoms with van der Waals surface area (Å²) < 4.78 is 0. The maximum absolute atomic E-state index is 13.3. The van der Waals surface area contributed by atoms with Gasteiger partial charge in [0.25, 0.3) is 0 Å². The first-order valence-electron chi connectivity index (χ1n) is 13.5. The lowest BCUT2D eigenvalue weighted by atomic mass is 9.96. The topological polar surface area (TPSA) is 204 Å². The van der Waals surface area contributed by atoms with Crippen molar-refractivity contribution in [3.8, 4) is 0 Å². The second-order valence-electron chi connectivity index (χ2n) is 10.6. The number of carbonyl (C=O) groups is 5. The van der Waals surface area contributed by atoms with Crippen LogP contribution in [0, 0.1) is 11.8 Å². The number of nitrogens with two attached hydrogens (primary N) is 1. The maximum Gasteiger partial charge on any atom is 0.326 e. The number of hydrogen-bond acceptors (Lipinski definition) is 6. The van der Waals surface area contributed by atoms with Gasteiger partial charge in [0.1, 0.15) is 18.1 Å². The molecule has 0 fully saturated rings. The monoisotopic (exact) mass is 559 g/mol. The van der Waals surface area contributed by atoms with Crippen LogP contribution >= 0.6 is 0 Å². The zero-order valence-corrected chi connectivity index (χ0v) is 23.4. The van der Waals surface area contributed by atoms with Gasteiger partial charge in [-0.05, 0) is 36.3 Å². The van der Waals surface area contributed by atoms with Gasteiger partial charge in [0, 0.05) is 29.9 Å². The van der Waals surface area contributed by atoms with Crippen molar-refractivity contribution in [3.63, 3.8) is 0 Å². The van der Waals surface area contributed by atoms with E-state index in [1.165, 1.54) is 0 Å². The van der Waals surface area contributed by atoms with Gasteiger partial charge in [-0.15, -0.1) is 0 Å². The summed E-state index contributed by atoms with van der Waals surface area (Å²) in [6.45, 7) is 7.32. The Bertz CT molecular complexity index is 1190. The molecule has 0 spiro atoms. The van der Waals surface area contributed by atoms with Gasteiger partial charge in [0.15, 0.2) is 0 Å². The molecule has 12 nitrogen and oxygen atoms in total. The van der Waals surface area contributed by atoms with E-state index in [9.17, 15) is 29.1 Å². The lowest BCUT2D eigenvalue weighted by Crippen LogP contribution is -2.59. The minimum atomic E-state index is -1.24. The van der Waals surface area contributed by atoms with Crippen LogP contribution in [-0.4, -0.2) is 69.0 Å². The summed E-state index contributed by atoms with van der Waals surface area (Å²) in [6.07, 6.45) is 2.11. The molecule has 1 heterocycles. The smallest absolute Gasteiger partial charge is 0.326 e. The molecule has 0 aliphatic heterocycles. The van der Waals surface area contributed by atoms with Crippen molar-refractivity contribution in [2.75, 3.05) is 0 Å². The molecule has 0 bridgehead atoms. The molecule has 0 saturated carbocycles. The first kappa shape index (κ1) is 32.3. The van der Waals surface area contributed by atoms with Crippen molar-refractivity contribution in [1.29, 1.82) is 0 Å². The Hall–Kier alpha value is -3.93. The number of H-pyrrole nitrogens is 1. The minimum absolute atomic E-state index is 0.0194. The van der Waals surface area contributed by atoms with Crippen LogP contribution in [0.3, 0.4) is 0 Å². The summed E-state index contributed by atoms with van der Waals surface area (Å²) in [6, 6.07) is 2.98. The number of fused-ring (bicyclic) bond motifs is 1. The van der Waals surface area contributed by atoms with E-state index in [-0.39, 0.29) is 37.5 Å². The number of nitrogens with one attached hydrogen (secondary N) is 4. The van der Waals surface area contributed by atoms with Crippen LogP contribution < -0.4 is 21.7 Å². The van der Waals surface area contributed by atoms with E-state index < -0.39 is 53.8 Å². The summed E-state index contributed by atoms with van der Waals surface area (Å²) in [4.78, 5) is 65.2. The fourth-order valence-electron chi connectivity index (χ4n) is 4.33. The standard InChI is InChI=1S/C28H41N5O7/c1-5-16(4)24(33-25(36)19(29)10-11-23(34)35)27(38)31-21(12-15(2)3)26(37)32-22(28(39)40)13-17-14-30-20-9-7-6-8-18(17)20/h6-9,14-16,19,21-22,24,30H,5,10-13,29H2,1-4H3,(H,31,38)(H,32,37)(H,33,36)(H,34,35)(H,39,40). The molecule has 5 atom stereocenters. The predicted molar refractivity (Wildman–Crippen MR) is 149 cm³/mol. The molecule has 220 valence electrons. The van der Waals surface area contributed by atoms with Crippen molar-refractivity contribution in [1.82, 2.24) is 20.9 Å². The quantitative estimate of drug-likeness (QED) is 0.160. The Balaban J connectivity index is 2.17. The van der Waals surface area contributed by atoms with E-state index >= 15 is 0 Å². The molecule has 1 aromatic carbocycles. The predicted octanol–water partition coefficient (Wildman–Crippen LogP) is 1.53. The van der Waals surface area contributed by atoms with Gasteiger partial charge in [-0.1, -0.05) is 52.3 Å². The van der Waals surface area contributed by atoms with Crippen molar-refractivity contribution in [2.45, 2.75) is 84.0 Å². The molecule has 1 aromatic heterocycles. The minimum Gasteiger partial charge on any atom is -0.481 e. The second-order valence-corrected chi connectivity index (χ2v) is 10.6. The number of carboxylic acids is 2. The average molecular weight is 560 g/mol. The largest absolute Gasteiger partial charge is 0.481 e. The van der Waals surface area contributed by atoms with Crippen molar-refractivity contribution in [3.05, 3.63) is 36.0 Å². The number of rotatable bonds is 16. The number of benzene rings is 1. The van der Waals surface area contributed by atoms with E-state index in [1.54, 1.807) is 13.1 Å². The summed E-state index contributed by atoms with van der Waals surface area (Å²) in [7, 11) is 0. The summed E-state index contributed by atoms with van der Waals surface area (Å²) >= 11 is 0. The van der Waals surface area contributed by atoms with Crippen LogP contribution in [0.15, 0.2) is 30.5 Å². The molecule has 0 aliphatic rings. The average Bonchev–Trinajstić information content (AvgIpc) is 3.31. The number of aromatic amines is 1. The number of amides is 3. The van der Waals surface area contributed by atoms with Gasteiger partial charge >= 0.3 is 11.9 Å². The number of hydrogen-bond donors (Lipinski definition) is 7. The van der Waals surface area contributed by atoms with Crippen molar-refractivity contribution >= 4 is 40.6 Å². The van der Waals surface area contributed by atoms with E-state index in [2.05, 4.69) is 20.9 Å². The van der Waals surface area contributed by atoms with E-state index in [1.807, 2.05) is 45.0 Å². The highest BCUT2D eigenvalue weighted by atomic mass is 16.4. The Morgan fingerprint density at radius 2 is 1.57 bits per heavy atom. The number of carboxylic acid groups (broad SMARTS) is 2. The van der Waals surface area contributed by atoms with Crippen LogP contribution in [-0.2, 0) is 30.4 Å². The van der Waals surface area contributed by atoms with Gasteiger partial charge in [-0.2, -0.15) is 0 Å². The van der Waals surface area contributed by atoms with E-state index in [4.69, 9.17) is 10.8 Å². The Morgan fingerprint density at radius 1 is 0.925 bits per heavy atom. The highest BCUT2D eigenvalue weighted by Crippen LogP contribution is 2.19. The Labute approximate surface area is 233 Å². The molecule has 12 heteroatoms. The third-order valence-corrected chi connectivity index (χ3v) is 6.85. The SMILES string of the molecule is CCC(C)C(NC(=O)C(N)CCC(=O)O)C(=O)NC(CC(C)C)C(=O)NC(Cc1c[nH]c2ccccc12)C(=O)O. The number of aliphatic carboxylic acids is 2. The number of aromatic nitrogens is 1. The number of carbonyl (C=O) groups excluding carboxylic acids is 3. The first-order chi connectivity index (χ1) is 18.8. The zero-order chi connectivity index (χ0) is 30.0. The summed E-state index contributed by atoms with van der Waals surface area (Å²) in [5.41, 5.74) is 7.39. The molecule has 2 aromatic rings. The molecule has 0 saturated heterocycles. The molecule has 3 amide bonds. The molecular weight excluding hydrogens is 518 g/mol. The molecule has 0 aliphatic carbocycles. The Kier molecular flexibility index (Phi) is 12.1. The van der Waals surface area contributed by atoms with Gasteiger partial charge in [-0.3, -0.25) is 19.2 Å². The molecular formula is C28H41N5O7. The van der Waals surface area contributed by atoms with Crippen LogP contribution in [0.4, 0.5) is 0 Å². The lowest BCUT2D eigenvalue weighted by Gasteiger charge is -2.28. The first-order valence-corrected chi connectivity index (χ1v) is 13.5. The summed E-state index contributed by atoms with van der Waals surface area (Å²) in [5, 5.41) is 27.4. The normalized spacial score (nSPS) is 15.1. The highest BCUT2D eigenvalue weighted by molar-refractivity contribution is 5.94. The van der Waals surface area contributed by atoms with E-state index in [0.717, 1.165) is 16.5 Å². The molecule has 2 rings (SSSR count). The van der Waals surface area contributed by atoms with Crippen LogP contribution in [0.2, 0.25) is 0 Å². The van der Waals surface area contributed by atoms with Crippen molar-refractivity contribution in [2.24, 2.45) is 17.6 Å². The molecule has 5 unspecified atom stereocenters. The lowest BCUT2D eigenvalue weighted by molar-refractivity contribution is -0.142. The van der Waals surface area contributed by atoms with Crippen LogP contribution in [0.5, 0.6) is 0 Å². The van der Waals surface area contributed by atoms with Crippen molar-refractivity contribution < 1.29 is 34.2 Å². The fourth-order valence-corrected chi connectivity index (χ4v) is 4.33. The van der Waals surface area contributed by atoms with Gasteiger partial charge in [0.05, 0.1) is 6.04 Å². The maximum atomic E-state index is 13.3. The second kappa shape index (κ2) is 15.0. The number of para-hydroxylation sites is 1. The Morgan fingerprint density at radius 3 is 2.17 bits per heavy atom. The van der Waals surface area contributed by atoms with Gasteiger partial charge < -0.3 is 36.9 Å². The van der Waals surface area contributed by atoms with Crippen LogP contribution in [0.1, 0.15) is 58.9 Å². The molecule has 8 N–H and O–H groups in total. The summed E-state index contributed by atoms with van der Waals surface area (Å²) in [5.74, 6) is -4.59. The third-order valence-electron chi connectivity index (χ3n) is 6.85.